The average Bonchev–Trinajstić information content (AvgIpc) is 2.54. The summed E-state index contributed by atoms with van der Waals surface area (Å²) in [6, 6.07) is 0.300. The maximum absolute atomic E-state index is 10.9. The van der Waals surface area contributed by atoms with E-state index in [-0.39, 0.29) is 5.91 Å². The Kier molecular flexibility index (Phi) is 1.98. The highest BCUT2D eigenvalue weighted by molar-refractivity contribution is 5.79. The molecule has 2 rings (SSSR count). The quantitative estimate of drug-likeness (QED) is 0.624. The lowest BCUT2D eigenvalue weighted by Gasteiger charge is -2.13. The van der Waals surface area contributed by atoms with Gasteiger partial charge >= 0.3 is 0 Å². The lowest BCUT2D eigenvalue weighted by Crippen LogP contribution is -2.26. The summed E-state index contributed by atoms with van der Waals surface area (Å²) in [5, 5.41) is 2.97. The number of rotatable bonds is 1. The van der Waals surface area contributed by atoms with E-state index in [9.17, 15) is 4.79 Å². The molecule has 0 bridgehead atoms. The molecule has 1 N–H and O–H groups in total. The van der Waals surface area contributed by atoms with Crippen molar-refractivity contribution in [1.82, 2.24) is 5.32 Å². The first-order valence-corrected chi connectivity index (χ1v) is 4.52. The summed E-state index contributed by atoms with van der Waals surface area (Å²) in [6.45, 7) is 0. The van der Waals surface area contributed by atoms with Gasteiger partial charge in [-0.05, 0) is 24.8 Å². The van der Waals surface area contributed by atoms with E-state index in [2.05, 4.69) is 23.5 Å². The minimum Gasteiger partial charge on any atom is -0.349 e. The van der Waals surface area contributed by atoms with E-state index in [0.717, 1.165) is 19.3 Å². The first-order valence-electron chi connectivity index (χ1n) is 4.52. The highest BCUT2D eigenvalue weighted by Gasteiger charge is 2.22. The van der Waals surface area contributed by atoms with Crippen LogP contribution in [-0.4, -0.2) is 11.9 Å². The van der Waals surface area contributed by atoms with Crippen molar-refractivity contribution < 1.29 is 4.79 Å². The van der Waals surface area contributed by atoms with Crippen molar-refractivity contribution in [2.45, 2.75) is 31.7 Å². The molecule has 12 heavy (non-hydrogen) atoms. The summed E-state index contributed by atoms with van der Waals surface area (Å²) in [6.07, 6.45) is 10.5. The van der Waals surface area contributed by atoms with Crippen LogP contribution in [0.2, 0.25) is 0 Å². The normalized spacial score (nSPS) is 28.5. The van der Waals surface area contributed by atoms with Crippen molar-refractivity contribution in [2.24, 2.45) is 0 Å². The predicted octanol–water partition coefficient (Wildman–Crippen LogP) is 1.54. The van der Waals surface area contributed by atoms with Gasteiger partial charge < -0.3 is 5.32 Å². The second-order valence-electron chi connectivity index (χ2n) is 3.34. The van der Waals surface area contributed by atoms with Gasteiger partial charge in [-0.1, -0.05) is 18.2 Å². The summed E-state index contributed by atoms with van der Waals surface area (Å²) < 4.78 is 0. The molecule has 0 radical (unpaired) electrons. The molecule has 1 fully saturated rings. The standard InChI is InChI=1S/C10H13NO/c12-10-7-6-9(11-10)8-4-2-1-3-5-8/h2,4-5,9H,1,3,6-7H2,(H,11,12). The molecule has 0 spiro atoms. The topological polar surface area (TPSA) is 29.1 Å². The van der Waals surface area contributed by atoms with Gasteiger partial charge in [0.25, 0.3) is 0 Å². The molecule has 1 saturated heterocycles. The van der Waals surface area contributed by atoms with Crippen LogP contribution in [0.5, 0.6) is 0 Å². The Morgan fingerprint density at radius 1 is 1.42 bits per heavy atom. The average molecular weight is 163 g/mol. The van der Waals surface area contributed by atoms with Crippen molar-refractivity contribution in [1.29, 1.82) is 0 Å². The minimum atomic E-state index is 0.194. The molecule has 64 valence electrons. The third-order valence-corrected chi connectivity index (χ3v) is 2.42. The van der Waals surface area contributed by atoms with Crippen molar-refractivity contribution in [3.05, 3.63) is 23.8 Å². The molecule has 0 saturated carbocycles. The lowest BCUT2D eigenvalue weighted by atomic mass is 9.99. The molecule has 2 heteroatoms. The molecule has 0 aromatic heterocycles. The third kappa shape index (κ3) is 1.42. The van der Waals surface area contributed by atoms with Crippen LogP contribution in [0.4, 0.5) is 0 Å². The summed E-state index contributed by atoms with van der Waals surface area (Å²) in [7, 11) is 0. The molecular weight excluding hydrogens is 150 g/mol. The monoisotopic (exact) mass is 163 g/mol. The fourth-order valence-corrected chi connectivity index (χ4v) is 1.76. The summed E-state index contributed by atoms with van der Waals surface area (Å²) in [5.74, 6) is 0.194. The van der Waals surface area contributed by atoms with Gasteiger partial charge in [0.15, 0.2) is 0 Å². The van der Waals surface area contributed by atoms with E-state index >= 15 is 0 Å². The summed E-state index contributed by atoms with van der Waals surface area (Å²) >= 11 is 0. The van der Waals surface area contributed by atoms with Gasteiger partial charge in [-0.3, -0.25) is 4.79 Å². The van der Waals surface area contributed by atoms with E-state index < -0.39 is 0 Å². The van der Waals surface area contributed by atoms with Gasteiger partial charge in [0.05, 0.1) is 6.04 Å². The van der Waals surface area contributed by atoms with Crippen molar-refractivity contribution in [3.8, 4) is 0 Å². The van der Waals surface area contributed by atoms with Crippen LogP contribution in [0.1, 0.15) is 25.7 Å². The van der Waals surface area contributed by atoms with Crippen LogP contribution < -0.4 is 5.32 Å². The number of amides is 1. The molecule has 1 amide bonds. The molecule has 0 aromatic rings. The lowest BCUT2D eigenvalue weighted by molar-refractivity contribution is -0.119. The van der Waals surface area contributed by atoms with Gasteiger partial charge in [0, 0.05) is 6.42 Å². The van der Waals surface area contributed by atoms with Crippen LogP contribution in [0.25, 0.3) is 0 Å². The van der Waals surface area contributed by atoms with Crippen LogP contribution in [0.3, 0.4) is 0 Å². The van der Waals surface area contributed by atoms with Gasteiger partial charge in [-0.15, -0.1) is 0 Å². The zero-order chi connectivity index (χ0) is 8.39. The van der Waals surface area contributed by atoms with Crippen molar-refractivity contribution in [3.63, 3.8) is 0 Å². The first-order chi connectivity index (χ1) is 5.86. The van der Waals surface area contributed by atoms with E-state index in [0.29, 0.717) is 12.5 Å². The van der Waals surface area contributed by atoms with E-state index in [4.69, 9.17) is 0 Å². The van der Waals surface area contributed by atoms with Crippen LogP contribution >= 0.6 is 0 Å². The highest BCUT2D eigenvalue weighted by atomic mass is 16.1. The highest BCUT2D eigenvalue weighted by Crippen LogP contribution is 2.20. The number of carbonyl (C=O) groups excluding carboxylic acids is 1. The Balaban J connectivity index is 2.05. The van der Waals surface area contributed by atoms with E-state index in [1.807, 2.05) is 0 Å². The van der Waals surface area contributed by atoms with Crippen LogP contribution in [-0.2, 0) is 4.79 Å². The second-order valence-corrected chi connectivity index (χ2v) is 3.34. The SMILES string of the molecule is O=C1CCC(C2=CCCC=C2)N1. The Bertz CT molecular complexity index is 253. The third-order valence-electron chi connectivity index (χ3n) is 2.42. The molecule has 1 atom stereocenters. The molecule has 2 nitrogen and oxygen atoms in total. The van der Waals surface area contributed by atoms with E-state index in [1.54, 1.807) is 0 Å². The Morgan fingerprint density at radius 2 is 2.33 bits per heavy atom. The van der Waals surface area contributed by atoms with Gasteiger partial charge in [-0.25, -0.2) is 0 Å². The number of carbonyl (C=O) groups is 1. The number of hydrogen-bond donors (Lipinski definition) is 1. The molecule has 1 aliphatic heterocycles. The first kappa shape index (κ1) is 7.59. The van der Waals surface area contributed by atoms with Crippen molar-refractivity contribution in [2.75, 3.05) is 0 Å². The number of allylic oxidation sites excluding steroid dienone is 2. The van der Waals surface area contributed by atoms with Crippen molar-refractivity contribution >= 4 is 5.91 Å². The molecular formula is C10H13NO. The van der Waals surface area contributed by atoms with Gasteiger partial charge in [0.1, 0.15) is 0 Å². The number of nitrogens with one attached hydrogen (secondary N) is 1. The smallest absolute Gasteiger partial charge is 0.220 e. The van der Waals surface area contributed by atoms with Crippen LogP contribution in [0.15, 0.2) is 23.8 Å². The van der Waals surface area contributed by atoms with Gasteiger partial charge in [0.2, 0.25) is 5.91 Å². The summed E-state index contributed by atoms with van der Waals surface area (Å²) in [4.78, 5) is 10.9. The number of hydrogen-bond acceptors (Lipinski definition) is 1. The van der Waals surface area contributed by atoms with Crippen LogP contribution in [0, 0.1) is 0 Å². The molecule has 1 unspecified atom stereocenters. The molecule has 1 aliphatic carbocycles. The second kappa shape index (κ2) is 3.13. The Labute approximate surface area is 72.3 Å². The summed E-state index contributed by atoms with van der Waals surface area (Å²) in [5.41, 5.74) is 1.30. The molecule has 2 aliphatic rings. The Hall–Kier alpha value is -1.05. The maximum atomic E-state index is 10.9. The zero-order valence-electron chi connectivity index (χ0n) is 7.05. The van der Waals surface area contributed by atoms with Gasteiger partial charge in [-0.2, -0.15) is 0 Å². The Morgan fingerprint density at radius 3 is 2.92 bits per heavy atom. The predicted molar refractivity (Wildman–Crippen MR) is 47.6 cm³/mol. The van der Waals surface area contributed by atoms with E-state index in [1.165, 1.54) is 5.57 Å². The maximum Gasteiger partial charge on any atom is 0.220 e. The zero-order valence-corrected chi connectivity index (χ0v) is 7.05. The molecule has 1 heterocycles. The minimum absolute atomic E-state index is 0.194. The fraction of sp³-hybridized carbons (Fsp3) is 0.500. The fourth-order valence-electron chi connectivity index (χ4n) is 1.76. The molecule has 0 aromatic carbocycles. The largest absolute Gasteiger partial charge is 0.349 e.